The summed E-state index contributed by atoms with van der Waals surface area (Å²) >= 11 is 0. The molecular formula is C15H14N2O4. The van der Waals surface area contributed by atoms with E-state index in [9.17, 15) is 10.1 Å². The van der Waals surface area contributed by atoms with E-state index in [1.54, 1.807) is 36.5 Å². The van der Waals surface area contributed by atoms with Gasteiger partial charge in [0.2, 0.25) is 5.88 Å². The average Bonchev–Trinajstić information content (AvgIpc) is 2.52. The van der Waals surface area contributed by atoms with Crippen LogP contribution >= 0.6 is 0 Å². The molecule has 108 valence electrons. The lowest BCUT2D eigenvalue weighted by atomic mass is 10.1. The molecule has 21 heavy (non-hydrogen) atoms. The molecule has 0 aliphatic heterocycles. The molecule has 0 amide bonds. The molecule has 0 saturated carbocycles. The van der Waals surface area contributed by atoms with Crippen molar-refractivity contribution < 1.29 is 14.4 Å². The van der Waals surface area contributed by atoms with E-state index in [-0.39, 0.29) is 5.69 Å². The predicted octanol–water partition coefficient (Wildman–Crippen LogP) is 3.18. The lowest BCUT2D eigenvalue weighted by molar-refractivity contribution is -0.385. The fourth-order valence-corrected chi connectivity index (χ4v) is 1.76. The van der Waals surface area contributed by atoms with Crippen LogP contribution in [0, 0.1) is 10.1 Å². The van der Waals surface area contributed by atoms with E-state index in [1.807, 2.05) is 6.07 Å². The quantitative estimate of drug-likeness (QED) is 0.623. The topological polar surface area (TPSA) is 74.5 Å². The van der Waals surface area contributed by atoms with E-state index in [0.717, 1.165) is 5.56 Å². The van der Waals surface area contributed by atoms with Crippen LogP contribution in [0.25, 0.3) is 12.2 Å². The summed E-state index contributed by atoms with van der Waals surface area (Å²) in [5, 5.41) is 11.0. The molecule has 0 spiro atoms. The molecule has 0 aliphatic rings. The summed E-state index contributed by atoms with van der Waals surface area (Å²) in [6.45, 7) is 0. The van der Waals surface area contributed by atoms with Crippen LogP contribution in [-0.2, 0) is 0 Å². The highest BCUT2D eigenvalue weighted by Crippen LogP contribution is 2.25. The molecule has 1 heterocycles. The van der Waals surface area contributed by atoms with Gasteiger partial charge in [-0.05, 0) is 29.8 Å². The van der Waals surface area contributed by atoms with Crippen LogP contribution in [0.3, 0.4) is 0 Å². The van der Waals surface area contributed by atoms with Crippen molar-refractivity contribution in [2.24, 2.45) is 0 Å². The Labute approximate surface area is 121 Å². The number of rotatable bonds is 5. The second kappa shape index (κ2) is 6.51. The zero-order valence-electron chi connectivity index (χ0n) is 11.6. The van der Waals surface area contributed by atoms with Crippen molar-refractivity contribution in [3.8, 4) is 11.6 Å². The van der Waals surface area contributed by atoms with Gasteiger partial charge in [0.1, 0.15) is 5.75 Å². The Morgan fingerprint density at radius 2 is 1.95 bits per heavy atom. The highest BCUT2D eigenvalue weighted by molar-refractivity contribution is 5.74. The Hall–Kier alpha value is -2.89. The Morgan fingerprint density at radius 1 is 1.14 bits per heavy atom. The number of hydrogen-bond acceptors (Lipinski definition) is 5. The molecule has 2 rings (SSSR count). The largest absolute Gasteiger partial charge is 0.497 e. The SMILES string of the molecule is COc1ccc([N+](=O)[O-])c(/C=C/c2ccc(OC)nc2)c1. The standard InChI is InChI=1S/C15H14N2O4/c1-20-13-6-7-14(17(18)19)12(9-13)5-3-11-4-8-15(21-2)16-10-11/h3-10H,1-2H3/b5-3+. The third-order valence-corrected chi connectivity index (χ3v) is 2.86. The minimum absolute atomic E-state index is 0.0218. The molecule has 0 atom stereocenters. The van der Waals surface area contributed by atoms with Crippen molar-refractivity contribution in [1.82, 2.24) is 4.98 Å². The third kappa shape index (κ3) is 3.56. The molecule has 6 heteroatoms. The first-order valence-electron chi connectivity index (χ1n) is 6.14. The minimum Gasteiger partial charge on any atom is -0.497 e. The van der Waals surface area contributed by atoms with Gasteiger partial charge >= 0.3 is 0 Å². The second-order valence-electron chi connectivity index (χ2n) is 4.15. The summed E-state index contributed by atoms with van der Waals surface area (Å²) in [5.41, 5.74) is 1.30. The first-order valence-corrected chi connectivity index (χ1v) is 6.14. The zero-order chi connectivity index (χ0) is 15.2. The normalized spacial score (nSPS) is 10.6. The molecule has 0 fully saturated rings. The highest BCUT2D eigenvalue weighted by Gasteiger charge is 2.12. The number of ether oxygens (including phenoxy) is 2. The molecule has 0 N–H and O–H groups in total. The van der Waals surface area contributed by atoms with Crippen molar-refractivity contribution in [3.63, 3.8) is 0 Å². The van der Waals surface area contributed by atoms with Crippen LogP contribution in [0.1, 0.15) is 11.1 Å². The van der Waals surface area contributed by atoms with Gasteiger partial charge < -0.3 is 9.47 Å². The van der Waals surface area contributed by atoms with Gasteiger partial charge in [-0.25, -0.2) is 4.98 Å². The van der Waals surface area contributed by atoms with Crippen LogP contribution in [0.15, 0.2) is 36.5 Å². The monoisotopic (exact) mass is 286 g/mol. The molecule has 1 aromatic carbocycles. The van der Waals surface area contributed by atoms with Gasteiger partial charge in [-0.3, -0.25) is 10.1 Å². The highest BCUT2D eigenvalue weighted by atomic mass is 16.6. The maximum atomic E-state index is 11.0. The Morgan fingerprint density at radius 3 is 2.52 bits per heavy atom. The summed E-state index contributed by atoms with van der Waals surface area (Å²) in [6, 6.07) is 8.13. The van der Waals surface area contributed by atoms with Crippen molar-refractivity contribution >= 4 is 17.8 Å². The fourth-order valence-electron chi connectivity index (χ4n) is 1.76. The smallest absolute Gasteiger partial charge is 0.276 e. The number of methoxy groups -OCH3 is 2. The molecule has 1 aromatic heterocycles. The molecule has 0 aliphatic carbocycles. The average molecular weight is 286 g/mol. The zero-order valence-corrected chi connectivity index (χ0v) is 11.6. The predicted molar refractivity (Wildman–Crippen MR) is 79.4 cm³/mol. The van der Waals surface area contributed by atoms with Gasteiger partial charge in [-0.1, -0.05) is 6.08 Å². The molecule has 0 bridgehead atoms. The van der Waals surface area contributed by atoms with Crippen molar-refractivity contribution in [3.05, 3.63) is 57.8 Å². The molecule has 0 unspecified atom stereocenters. The molecule has 0 saturated heterocycles. The van der Waals surface area contributed by atoms with Crippen LogP contribution in [-0.4, -0.2) is 24.1 Å². The fraction of sp³-hybridized carbons (Fsp3) is 0.133. The first-order chi connectivity index (χ1) is 10.1. The maximum Gasteiger partial charge on any atom is 0.276 e. The number of hydrogen-bond donors (Lipinski definition) is 0. The van der Waals surface area contributed by atoms with E-state index in [0.29, 0.717) is 17.2 Å². The van der Waals surface area contributed by atoms with Gasteiger partial charge in [0.05, 0.1) is 24.7 Å². The van der Waals surface area contributed by atoms with Gasteiger partial charge in [0, 0.05) is 18.3 Å². The van der Waals surface area contributed by atoms with Gasteiger partial charge in [0.25, 0.3) is 5.69 Å². The minimum atomic E-state index is -0.425. The van der Waals surface area contributed by atoms with E-state index < -0.39 is 4.92 Å². The Balaban J connectivity index is 2.31. The van der Waals surface area contributed by atoms with E-state index in [4.69, 9.17) is 9.47 Å². The number of nitro groups is 1. The van der Waals surface area contributed by atoms with Gasteiger partial charge in [-0.15, -0.1) is 0 Å². The molecule has 6 nitrogen and oxygen atoms in total. The summed E-state index contributed by atoms with van der Waals surface area (Å²) in [4.78, 5) is 14.7. The molecule has 0 radical (unpaired) electrons. The van der Waals surface area contributed by atoms with Crippen molar-refractivity contribution in [2.45, 2.75) is 0 Å². The summed E-state index contributed by atoms with van der Waals surface area (Å²) < 4.78 is 10.1. The van der Waals surface area contributed by atoms with Crippen LogP contribution in [0.2, 0.25) is 0 Å². The van der Waals surface area contributed by atoms with Gasteiger partial charge in [-0.2, -0.15) is 0 Å². The summed E-state index contributed by atoms with van der Waals surface area (Å²) in [6.07, 6.45) is 5.03. The second-order valence-corrected chi connectivity index (χ2v) is 4.15. The number of nitrogens with zero attached hydrogens (tertiary/aromatic N) is 2. The number of aromatic nitrogens is 1. The van der Waals surface area contributed by atoms with E-state index >= 15 is 0 Å². The van der Waals surface area contributed by atoms with Crippen molar-refractivity contribution in [2.75, 3.05) is 14.2 Å². The number of pyridine rings is 1. The first kappa shape index (κ1) is 14.5. The maximum absolute atomic E-state index is 11.0. The van der Waals surface area contributed by atoms with Crippen molar-refractivity contribution in [1.29, 1.82) is 0 Å². The van der Waals surface area contributed by atoms with E-state index in [1.165, 1.54) is 20.3 Å². The number of benzene rings is 1. The lowest BCUT2D eigenvalue weighted by Crippen LogP contribution is -1.92. The summed E-state index contributed by atoms with van der Waals surface area (Å²) in [5.74, 6) is 1.08. The third-order valence-electron chi connectivity index (χ3n) is 2.86. The van der Waals surface area contributed by atoms with Gasteiger partial charge in [0.15, 0.2) is 0 Å². The molecular weight excluding hydrogens is 272 g/mol. The number of nitro benzene ring substituents is 1. The van der Waals surface area contributed by atoms with Crippen LogP contribution in [0.4, 0.5) is 5.69 Å². The van der Waals surface area contributed by atoms with E-state index in [2.05, 4.69) is 4.98 Å². The molecule has 2 aromatic rings. The lowest BCUT2D eigenvalue weighted by Gasteiger charge is -2.02. The summed E-state index contributed by atoms with van der Waals surface area (Å²) in [7, 11) is 3.06. The van der Waals surface area contributed by atoms with Crippen LogP contribution in [0.5, 0.6) is 11.6 Å². The van der Waals surface area contributed by atoms with Crippen LogP contribution < -0.4 is 9.47 Å². The Kier molecular flexibility index (Phi) is 4.50. The Bertz CT molecular complexity index is 666.